The van der Waals surface area contributed by atoms with Crippen molar-refractivity contribution < 1.29 is 19.0 Å². The van der Waals surface area contributed by atoms with Gasteiger partial charge in [0.2, 0.25) is 5.91 Å². The van der Waals surface area contributed by atoms with E-state index in [0.717, 1.165) is 22.7 Å². The van der Waals surface area contributed by atoms with E-state index in [0.29, 0.717) is 30.2 Å². The van der Waals surface area contributed by atoms with E-state index < -0.39 is 0 Å². The maximum atomic E-state index is 12.7. The molecule has 0 bridgehead atoms. The summed E-state index contributed by atoms with van der Waals surface area (Å²) in [6.45, 7) is 2.28. The normalized spacial score (nSPS) is 17.0. The molecule has 1 atom stereocenters. The van der Waals surface area contributed by atoms with Crippen LogP contribution in [0.25, 0.3) is 0 Å². The first-order valence-electron chi connectivity index (χ1n) is 8.56. The number of thioether (sulfide) groups is 1. The Hall–Kier alpha value is -2.48. The smallest absolute Gasteiger partial charge is 0.224 e. The number of carbonyl (C=O) groups is 1. The SMILES string of the molecule is COc1cc(OC)c(C2SCCC(=O)N2Cc2cnc(C)cn2)cc1OC. The standard InChI is InChI=1S/C19H23N3O4S/c1-12-9-21-13(10-20-12)11-22-18(23)5-6-27-19(22)14-7-16(25-3)17(26-4)8-15(14)24-2/h7-10,19H,5-6,11H2,1-4H3. The van der Waals surface area contributed by atoms with Gasteiger partial charge >= 0.3 is 0 Å². The summed E-state index contributed by atoms with van der Waals surface area (Å²) in [5.41, 5.74) is 2.46. The number of amides is 1. The van der Waals surface area contributed by atoms with E-state index in [-0.39, 0.29) is 11.3 Å². The van der Waals surface area contributed by atoms with Crippen LogP contribution in [0.2, 0.25) is 0 Å². The number of nitrogens with zero attached hydrogens (tertiary/aromatic N) is 3. The van der Waals surface area contributed by atoms with Crippen LogP contribution in [-0.4, -0.2) is 47.9 Å². The van der Waals surface area contributed by atoms with Crippen molar-refractivity contribution in [1.82, 2.24) is 14.9 Å². The number of carbonyl (C=O) groups excluding carboxylic acids is 1. The average molecular weight is 389 g/mol. The highest BCUT2D eigenvalue weighted by atomic mass is 32.2. The fourth-order valence-electron chi connectivity index (χ4n) is 2.97. The maximum Gasteiger partial charge on any atom is 0.224 e. The van der Waals surface area contributed by atoms with Gasteiger partial charge in [0.1, 0.15) is 11.1 Å². The number of aryl methyl sites for hydroxylation is 1. The van der Waals surface area contributed by atoms with Gasteiger partial charge in [-0.25, -0.2) is 0 Å². The number of hydrogen-bond donors (Lipinski definition) is 0. The molecule has 7 nitrogen and oxygen atoms in total. The Kier molecular flexibility index (Phi) is 6.05. The van der Waals surface area contributed by atoms with Crippen LogP contribution in [0.4, 0.5) is 0 Å². The molecule has 0 N–H and O–H groups in total. The fourth-order valence-corrected chi connectivity index (χ4v) is 4.22. The van der Waals surface area contributed by atoms with Gasteiger partial charge in [-0.2, -0.15) is 0 Å². The Balaban J connectivity index is 1.99. The molecule has 3 rings (SSSR count). The molecule has 1 aromatic heterocycles. The van der Waals surface area contributed by atoms with Crippen LogP contribution in [0.3, 0.4) is 0 Å². The number of benzene rings is 1. The highest BCUT2D eigenvalue weighted by Crippen LogP contribution is 2.45. The molecule has 1 unspecified atom stereocenters. The number of ether oxygens (including phenoxy) is 3. The molecule has 1 aromatic carbocycles. The van der Waals surface area contributed by atoms with Gasteiger partial charge in [0, 0.05) is 30.0 Å². The van der Waals surface area contributed by atoms with Crippen LogP contribution < -0.4 is 14.2 Å². The molecule has 0 saturated carbocycles. The minimum atomic E-state index is -0.205. The van der Waals surface area contributed by atoms with Crippen molar-refractivity contribution in [2.24, 2.45) is 0 Å². The van der Waals surface area contributed by atoms with Crippen molar-refractivity contribution in [2.75, 3.05) is 27.1 Å². The molecular formula is C19H23N3O4S. The largest absolute Gasteiger partial charge is 0.496 e. The molecule has 0 aliphatic carbocycles. The first-order valence-corrected chi connectivity index (χ1v) is 9.60. The maximum absolute atomic E-state index is 12.7. The van der Waals surface area contributed by atoms with Gasteiger partial charge in [0.15, 0.2) is 11.5 Å². The van der Waals surface area contributed by atoms with E-state index in [4.69, 9.17) is 14.2 Å². The summed E-state index contributed by atoms with van der Waals surface area (Å²) in [7, 11) is 4.78. The van der Waals surface area contributed by atoms with Gasteiger partial charge in [-0.1, -0.05) is 0 Å². The Bertz CT molecular complexity index is 813. The van der Waals surface area contributed by atoms with E-state index in [2.05, 4.69) is 9.97 Å². The lowest BCUT2D eigenvalue weighted by Gasteiger charge is -2.36. The third-order valence-electron chi connectivity index (χ3n) is 4.36. The Morgan fingerprint density at radius 2 is 1.78 bits per heavy atom. The molecule has 1 saturated heterocycles. The van der Waals surface area contributed by atoms with E-state index in [1.54, 1.807) is 51.6 Å². The van der Waals surface area contributed by atoms with Crippen LogP contribution in [0, 0.1) is 6.92 Å². The first-order chi connectivity index (χ1) is 13.1. The highest BCUT2D eigenvalue weighted by molar-refractivity contribution is 7.99. The molecule has 0 spiro atoms. The lowest BCUT2D eigenvalue weighted by molar-refractivity contribution is -0.132. The summed E-state index contributed by atoms with van der Waals surface area (Å²) < 4.78 is 16.4. The summed E-state index contributed by atoms with van der Waals surface area (Å²) in [6, 6.07) is 3.67. The zero-order chi connectivity index (χ0) is 19.4. The number of methoxy groups -OCH3 is 3. The second-order valence-electron chi connectivity index (χ2n) is 6.09. The lowest BCUT2D eigenvalue weighted by atomic mass is 10.1. The summed E-state index contributed by atoms with van der Waals surface area (Å²) in [6.07, 6.45) is 3.92. The molecule has 1 amide bonds. The first kappa shape index (κ1) is 19.3. The Morgan fingerprint density at radius 3 is 2.41 bits per heavy atom. The quantitative estimate of drug-likeness (QED) is 0.752. The predicted octanol–water partition coefficient (Wildman–Crippen LogP) is 2.98. The van der Waals surface area contributed by atoms with Gasteiger partial charge in [0.05, 0.1) is 45.5 Å². The monoisotopic (exact) mass is 389 g/mol. The number of hydrogen-bond acceptors (Lipinski definition) is 7. The van der Waals surface area contributed by atoms with Gasteiger partial charge in [-0.15, -0.1) is 11.8 Å². The summed E-state index contributed by atoms with van der Waals surface area (Å²) >= 11 is 1.69. The van der Waals surface area contributed by atoms with Crippen molar-refractivity contribution in [2.45, 2.75) is 25.3 Å². The number of rotatable bonds is 6. The minimum Gasteiger partial charge on any atom is -0.496 e. The van der Waals surface area contributed by atoms with E-state index >= 15 is 0 Å². The molecule has 2 heterocycles. The molecule has 144 valence electrons. The summed E-state index contributed by atoms with van der Waals surface area (Å²) in [4.78, 5) is 23.2. The fraction of sp³-hybridized carbons (Fsp3) is 0.421. The molecule has 1 aliphatic heterocycles. The third-order valence-corrected chi connectivity index (χ3v) is 5.63. The van der Waals surface area contributed by atoms with Crippen LogP contribution in [-0.2, 0) is 11.3 Å². The van der Waals surface area contributed by atoms with Gasteiger partial charge in [-0.05, 0) is 13.0 Å². The van der Waals surface area contributed by atoms with Crippen LogP contribution in [0.15, 0.2) is 24.5 Å². The van der Waals surface area contributed by atoms with Crippen molar-refractivity contribution in [3.63, 3.8) is 0 Å². The highest BCUT2D eigenvalue weighted by Gasteiger charge is 2.33. The lowest BCUT2D eigenvalue weighted by Crippen LogP contribution is -2.37. The van der Waals surface area contributed by atoms with Crippen LogP contribution >= 0.6 is 11.8 Å². The second-order valence-corrected chi connectivity index (χ2v) is 7.28. The van der Waals surface area contributed by atoms with Crippen molar-refractivity contribution >= 4 is 17.7 Å². The molecule has 1 fully saturated rings. The molecule has 2 aromatic rings. The third kappa shape index (κ3) is 4.10. The summed E-state index contributed by atoms with van der Waals surface area (Å²) in [5, 5.41) is -0.205. The minimum absolute atomic E-state index is 0.0814. The second kappa shape index (κ2) is 8.47. The molecule has 27 heavy (non-hydrogen) atoms. The van der Waals surface area contributed by atoms with Crippen LogP contribution in [0.5, 0.6) is 17.2 Å². The topological polar surface area (TPSA) is 73.8 Å². The number of aromatic nitrogens is 2. The molecule has 0 radical (unpaired) electrons. The van der Waals surface area contributed by atoms with Crippen molar-refractivity contribution in [1.29, 1.82) is 0 Å². The predicted molar refractivity (Wildman–Crippen MR) is 103 cm³/mol. The van der Waals surface area contributed by atoms with E-state index in [9.17, 15) is 4.79 Å². The molecule has 1 aliphatic rings. The van der Waals surface area contributed by atoms with Gasteiger partial charge in [-0.3, -0.25) is 14.8 Å². The Labute approximate surface area is 163 Å². The summed E-state index contributed by atoms with van der Waals surface area (Å²) in [5.74, 6) is 2.66. The van der Waals surface area contributed by atoms with Crippen molar-refractivity contribution in [3.8, 4) is 17.2 Å². The molecule has 8 heteroatoms. The average Bonchev–Trinajstić information content (AvgIpc) is 2.70. The van der Waals surface area contributed by atoms with Crippen molar-refractivity contribution in [3.05, 3.63) is 41.5 Å². The zero-order valence-electron chi connectivity index (χ0n) is 15.9. The van der Waals surface area contributed by atoms with Gasteiger partial charge < -0.3 is 19.1 Å². The Morgan fingerprint density at radius 1 is 1.07 bits per heavy atom. The van der Waals surface area contributed by atoms with E-state index in [1.165, 1.54) is 0 Å². The zero-order valence-corrected chi connectivity index (χ0v) is 16.7. The van der Waals surface area contributed by atoms with E-state index in [1.807, 2.05) is 17.9 Å². The molecular weight excluding hydrogens is 366 g/mol. The van der Waals surface area contributed by atoms with Crippen LogP contribution in [0.1, 0.15) is 28.7 Å². The van der Waals surface area contributed by atoms with Gasteiger partial charge in [0.25, 0.3) is 0 Å².